The second kappa shape index (κ2) is 8.89. The minimum absolute atomic E-state index is 0.0327. The van der Waals surface area contributed by atoms with Crippen molar-refractivity contribution in [1.82, 2.24) is 0 Å². The molecule has 2 aromatic rings. The average Bonchev–Trinajstić information content (AvgIpc) is 2.58. The molecule has 0 aliphatic heterocycles. The van der Waals surface area contributed by atoms with Gasteiger partial charge in [-0.15, -0.1) is 0 Å². The van der Waals surface area contributed by atoms with Crippen LogP contribution < -0.4 is 0 Å². The molecule has 0 aromatic heterocycles. The lowest BCUT2D eigenvalue weighted by atomic mass is 9.90. The Morgan fingerprint density at radius 2 is 1.67 bits per heavy atom. The lowest BCUT2D eigenvalue weighted by molar-refractivity contribution is 0.103. The molecule has 0 saturated carbocycles. The van der Waals surface area contributed by atoms with Crippen LogP contribution in [0, 0.1) is 13.8 Å². The molecule has 0 fully saturated rings. The van der Waals surface area contributed by atoms with Gasteiger partial charge in [0, 0.05) is 11.1 Å². The monoisotopic (exact) mass is 340 g/mol. The predicted molar refractivity (Wildman–Crippen MR) is 100 cm³/mol. The Hall–Kier alpha value is -1.79. The first-order valence-corrected chi connectivity index (χ1v) is 9.50. The summed E-state index contributed by atoms with van der Waals surface area (Å²) in [6, 6.07) is 13.5. The molecule has 0 aliphatic rings. The van der Waals surface area contributed by atoms with Crippen molar-refractivity contribution in [3.63, 3.8) is 0 Å². The third kappa shape index (κ3) is 4.19. The molecule has 0 bridgehead atoms. The third-order valence-corrected chi connectivity index (χ3v) is 5.27. The third-order valence-electron chi connectivity index (χ3n) is 4.48. The van der Waals surface area contributed by atoms with E-state index in [4.69, 9.17) is 0 Å². The van der Waals surface area contributed by atoms with E-state index in [9.17, 15) is 9.36 Å². The van der Waals surface area contributed by atoms with Crippen molar-refractivity contribution in [1.29, 1.82) is 0 Å². The van der Waals surface area contributed by atoms with Crippen LogP contribution >= 0.6 is 8.46 Å². The fourth-order valence-electron chi connectivity index (χ4n) is 3.15. The Morgan fingerprint density at radius 1 is 1.00 bits per heavy atom. The summed E-state index contributed by atoms with van der Waals surface area (Å²) in [5.41, 5.74) is 4.20. The topological polar surface area (TPSA) is 34.1 Å². The van der Waals surface area contributed by atoms with Gasteiger partial charge in [0.2, 0.25) is 0 Å². The van der Waals surface area contributed by atoms with E-state index < -0.39 is 0 Å². The van der Waals surface area contributed by atoms with E-state index in [1.54, 1.807) is 0 Å². The Morgan fingerprint density at radius 3 is 2.29 bits per heavy atom. The first-order chi connectivity index (χ1) is 11.6. The number of ketones is 1. The first kappa shape index (κ1) is 18.5. The average molecular weight is 340 g/mol. The van der Waals surface area contributed by atoms with Gasteiger partial charge < -0.3 is 0 Å². The Kier molecular flexibility index (Phi) is 6.87. The maximum Gasteiger partial charge on any atom is 0.193 e. The highest BCUT2D eigenvalue weighted by Crippen LogP contribution is 2.35. The van der Waals surface area contributed by atoms with Gasteiger partial charge >= 0.3 is 0 Å². The van der Waals surface area contributed by atoms with Crippen LogP contribution in [0.2, 0.25) is 0 Å². The minimum Gasteiger partial charge on any atom is -0.289 e. The highest BCUT2D eigenvalue weighted by molar-refractivity contribution is 7.24. The fraction of sp³-hybridized carbons (Fsp3) is 0.381. The number of carbonyl (C=O) groups excluding carboxylic acids is 1. The van der Waals surface area contributed by atoms with Gasteiger partial charge in [-0.25, -0.2) is 0 Å². The molecule has 2 rings (SSSR count). The van der Waals surface area contributed by atoms with Gasteiger partial charge in [0.15, 0.2) is 14.2 Å². The highest BCUT2D eigenvalue weighted by atomic mass is 31.1. The van der Waals surface area contributed by atoms with Gasteiger partial charge in [0.1, 0.15) is 0 Å². The van der Waals surface area contributed by atoms with Crippen LogP contribution in [0.5, 0.6) is 0 Å². The van der Waals surface area contributed by atoms with E-state index >= 15 is 0 Å². The quantitative estimate of drug-likeness (QED) is 0.314. The Labute approximate surface area is 146 Å². The molecule has 2 nitrogen and oxygen atoms in total. The van der Waals surface area contributed by atoms with Crippen LogP contribution in [-0.4, -0.2) is 5.78 Å². The SMILES string of the molecule is CCCCCC(P=O)c1ccccc1C(=O)c1c(C)cccc1C. The zero-order valence-corrected chi connectivity index (χ0v) is 15.6. The maximum atomic E-state index is 13.2. The Bertz CT molecular complexity index is 701. The second-order valence-corrected chi connectivity index (χ2v) is 7.13. The second-order valence-electron chi connectivity index (χ2n) is 6.30. The van der Waals surface area contributed by atoms with Crippen LogP contribution in [0.1, 0.15) is 70.9 Å². The normalized spacial score (nSPS) is 12.3. The van der Waals surface area contributed by atoms with Crippen LogP contribution in [0.15, 0.2) is 42.5 Å². The largest absolute Gasteiger partial charge is 0.289 e. The number of hydrogen-bond donors (Lipinski definition) is 0. The van der Waals surface area contributed by atoms with Crippen molar-refractivity contribution in [2.75, 3.05) is 0 Å². The summed E-state index contributed by atoms with van der Waals surface area (Å²) in [5, 5.41) is 0. The van der Waals surface area contributed by atoms with Gasteiger partial charge in [-0.1, -0.05) is 68.7 Å². The van der Waals surface area contributed by atoms with Crippen molar-refractivity contribution in [3.05, 3.63) is 70.3 Å². The van der Waals surface area contributed by atoms with Crippen molar-refractivity contribution < 1.29 is 9.36 Å². The molecule has 0 N–H and O–H groups in total. The molecule has 0 heterocycles. The van der Waals surface area contributed by atoms with Gasteiger partial charge in [-0.05, 0) is 37.0 Å². The van der Waals surface area contributed by atoms with E-state index in [2.05, 4.69) is 6.92 Å². The summed E-state index contributed by atoms with van der Waals surface area (Å²) in [6.45, 7) is 6.09. The summed E-state index contributed by atoms with van der Waals surface area (Å²) in [5.74, 6) is 0.0327. The van der Waals surface area contributed by atoms with E-state index in [1.165, 1.54) is 0 Å². The van der Waals surface area contributed by atoms with Crippen molar-refractivity contribution in [2.45, 2.75) is 52.1 Å². The van der Waals surface area contributed by atoms with Crippen LogP contribution in [0.25, 0.3) is 0 Å². The summed E-state index contributed by atoms with van der Waals surface area (Å²) in [4.78, 5) is 13.2. The van der Waals surface area contributed by atoms with Crippen LogP contribution in [0.3, 0.4) is 0 Å². The van der Waals surface area contributed by atoms with Gasteiger partial charge in [0.25, 0.3) is 0 Å². The van der Waals surface area contributed by atoms with Crippen LogP contribution in [0.4, 0.5) is 0 Å². The van der Waals surface area contributed by atoms with E-state index in [-0.39, 0.29) is 19.9 Å². The number of aryl methyl sites for hydroxylation is 2. The Balaban J connectivity index is 2.41. The number of unbranched alkanes of at least 4 members (excludes halogenated alkanes) is 2. The lowest BCUT2D eigenvalue weighted by Crippen LogP contribution is -2.10. The van der Waals surface area contributed by atoms with E-state index in [0.29, 0.717) is 5.56 Å². The van der Waals surface area contributed by atoms with E-state index in [1.807, 2.05) is 56.3 Å². The summed E-state index contributed by atoms with van der Waals surface area (Å²) >= 11 is 0. The molecule has 0 aliphatic carbocycles. The number of hydrogen-bond acceptors (Lipinski definition) is 2. The maximum absolute atomic E-state index is 13.2. The molecular weight excluding hydrogens is 315 g/mol. The predicted octanol–water partition coefficient (Wildman–Crippen LogP) is 6.45. The molecular formula is C21H25O2P. The number of benzene rings is 2. The molecule has 24 heavy (non-hydrogen) atoms. The fourth-order valence-corrected chi connectivity index (χ4v) is 3.78. The summed E-state index contributed by atoms with van der Waals surface area (Å²) in [6.07, 6.45) is 4.13. The zero-order valence-electron chi connectivity index (χ0n) is 14.7. The van der Waals surface area contributed by atoms with Gasteiger partial charge in [0.05, 0.1) is 5.66 Å². The van der Waals surface area contributed by atoms with Gasteiger partial charge in [-0.2, -0.15) is 0 Å². The summed E-state index contributed by atoms with van der Waals surface area (Å²) < 4.78 is 11.7. The van der Waals surface area contributed by atoms with Crippen molar-refractivity contribution in [3.8, 4) is 0 Å². The standard InChI is InChI=1S/C21H25O2P/c1-4-5-6-14-19(24-23)17-12-7-8-13-18(17)21(22)20-15(2)10-9-11-16(20)3/h7-13,19H,4-6,14H2,1-3H3. The van der Waals surface area contributed by atoms with E-state index in [0.717, 1.165) is 47.9 Å². The highest BCUT2D eigenvalue weighted by Gasteiger charge is 2.22. The molecule has 1 unspecified atom stereocenters. The minimum atomic E-state index is -0.110. The molecule has 2 aromatic carbocycles. The number of carbonyl (C=O) groups is 1. The molecule has 0 saturated heterocycles. The molecule has 3 heteroatoms. The smallest absolute Gasteiger partial charge is 0.193 e. The molecule has 0 amide bonds. The molecule has 0 radical (unpaired) electrons. The van der Waals surface area contributed by atoms with Crippen molar-refractivity contribution >= 4 is 14.2 Å². The lowest BCUT2D eigenvalue weighted by Gasteiger charge is -2.16. The van der Waals surface area contributed by atoms with Gasteiger partial charge in [-0.3, -0.25) is 9.36 Å². The molecule has 0 spiro atoms. The molecule has 126 valence electrons. The molecule has 1 atom stereocenters. The van der Waals surface area contributed by atoms with Crippen LogP contribution in [-0.2, 0) is 4.57 Å². The first-order valence-electron chi connectivity index (χ1n) is 8.62. The zero-order chi connectivity index (χ0) is 17.5. The van der Waals surface area contributed by atoms with Crippen molar-refractivity contribution in [2.24, 2.45) is 0 Å². The summed E-state index contributed by atoms with van der Waals surface area (Å²) in [7, 11) is 0.0915. The number of rotatable bonds is 8.